The SMILES string of the molecule is CCCCCCC(CCC(CC)N(C)C)N(C)C. The summed E-state index contributed by atoms with van der Waals surface area (Å²) in [5.41, 5.74) is 0. The van der Waals surface area contributed by atoms with Crippen molar-refractivity contribution in [1.82, 2.24) is 9.80 Å². The van der Waals surface area contributed by atoms with Crippen LogP contribution in [0.1, 0.15) is 65.2 Å². The van der Waals surface area contributed by atoms with Crippen LogP contribution in [-0.2, 0) is 0 Å². The van der Waals surface area contributed by atoms with Gasteiger partial charge in [-0.05, 0) is 53.9 Å². The average Bonchev–Trinajstić information content (AvgIpc) is 2.31. The molecule has 2 heteroatoms. The summed E-state index contributed by atoms with van der Waals surface area (Å²) in [6.45, 7) is 4.59. The molecule has 0 aliphatic carbocycles. The highest BCUT2D eigenvalue weighted by molar-refractivity contribution is 4.72. The third-order valence-electron chi connectivity index (χ3n) is 4.16. The van der Waals surface area contributed by atoms with Crippen molar-refractivity contribution in [2.75, 3.05) is 28.2 Å². The van der Waals surface area contributed by atoms with E-state index in [1.165, 1.54) is 51.4 Å². The Hall–Kier alpha value is -0.0800. The Morgan fingerprint density at radius 2 is 1.22 bits per heavy atom. The van der Waals surface area contributed by atoms with E-state index in [2.05, 4.69) is 51.8 Å². The van der Waals surface area contributed by atoms with E-state index in [4.69, 9.17) is 0 Å². The third kappa shape index (κ3) is 8.10. The normalized spacial score (nSPS) is 15.3. The first-order valence-electron chi connectivity index (χ1n) is 7.85. The molecule has 0 spiro atoms. The van der Waals surface area contributed by atoms with E-state index < -0.39 is 0 Å². The summed E-state index contributed by atoms with van der Waals surface area (Å²) in [6.07, 6.45) is 10.9. The van der Waals surface area contributed by atoms with Crippen LogP contribution in [0.15, 0.2) is 0 Å². The zero-order valence-electron chi connectivity index (χ0n) is 13.7. The summed E-state index contributed by atoms with van der Waals surface area (Å²) in [4.78, 5) is 4.80. The van der Waals surface area contributed by atoms with Crippen LogP contribution in [0.3, 0.4) is 0 Å². The Morgan fingerprint density at radius 3 is 1.67 bits per heavy atom. The van der Waals surface area contributed by atoms with Crippen molar-refractivity contribution >= 4 is 0 Å². The van der Waals surface area contributed by atoms with Crippen molar-refractivity contribution in [1.29, 1.82) is 0 Å². The van der Waals surface area contributed by atoms with E-state index in [1.54, 1.807) is 0 Å². The van der Waals surface area contributed by atoms with Gasteiger partial charge in [0.15, 0.2) is 0 Å². The van der Waals surface area contributed by atoms with Gasteiger partial charge in [0.05, 0.1) is 0 Å². The van der Waals surface area contributed by atoms with Crippen LogP contribution >= 0.6 is 0 Å². The van der Waals surface area contributed by atoms with Gasteiger partial charge in [0.1, 0.15) is 0 Å². The van der Waals surface area contributed by atoms with E-state index in [0.29, 0.717) is 0 Å². The Morgan fingerprint density at radius 1 is 0.667 bits per heavy atom. The van der Waals surface area contributed by atoms with Crippen LogP contribution < -0.4 is 0 Å². The molecule has 0 bridgehead atoms. The monoisotopic (exact) mass is 256 g/mol. The fourth-order valence-corrected chi connectivity index (χ4v) is 2.68. The molecule has 0 aromatic rings. The van der Waals surface area contributed by atoms with Crippen molar-refractivity contribution < 1.29 is 0 Å². The molecule has 18 heavy (non-hydrogen) atoms. The molecular formula is C16H36N2. The van der Waals surface area contributed by atoms with Crippen LogP contribution in [0.2, 0.25) is 0 Å². The van der Waals surface area contributed by atoms with E-state index in [1.807, 2.05) is 0 Å². The van der Waals surface area contributed by atoms with Gasteiger partial charge in [-0.3, -0.25) is 0 Å². The van der Waals surface area contributed by atoms with Crippen molar-refractivity contribution in [3.63, 3.8) is 0 Å². The zero-order valence-corrected chi connectivity index (χ0v) is 13.7. The lowest BCUT2D eigenvalue weighted by Crippen LogP contribution is -2.32. The number of hydrogen-bond acceptors (Lipinski definition) is 2. The number of rotatable bonds is 11. The summed E-state index contributed by atoms with van der Waals surface area (Å²) in [5, 5.41) is 0. The van der Waals surface area contributed by atoms with Gasteiger partial charge >= 0.3 is 0 Å². The maximum Gasteiger partial charge on any atom is 0.00897 e. The molecule has 0 aliphatic heterocycles. The van der Waals surface area contributed by atoms with Gasteiger partial charge in [-0.1, -0.05) is 39.5 Å². The van der Waals surface area contributed by atoms with Gasteiger partial charge in [0.2, 0.25) is 0 Å². The second-order valence-corrected chi connectivity index (χ2v) is 6.07. The Bertz CT molecular complexity index is 178. The maximum atomic E-state index is 2.42. The van der Waals surface area contributed by atoms with Crippen molar-refractivity contribution in [3.05, 3.63) is 0 Å². The van der Waals surface area contributed by atoms with Gasteiger partial charge in [0.25, 0.3) is 0 Å². The Labute approximate surface area is 116 Å². The predicted octanol–water partition coefficient (Wildman–Crippen LogP) is 4.01. The molecule has 0 aromatic carbocycles. The lowest BCUT2D eigenvalue weighted by molar-refractivity contribution is 0.211. The lowest BCUT2D eigenvalue weighted by atomic mass is 9.98. The Balaban J connectivity index is 3.95. The number of hydrogen-bond donors (Lipinski definition) is 0. The molecule has 0 heterocycles. The van der Waals surface area contributed by atoms with E-state index in [-0.39, 0.29) is 0 Å². The topological polar surface area (TPSA) is 6.48 Å². The molecule has 2 nitrogen and oxygen atoms in total. The third-order valence-corrected chi connectivity index (χ3v) is 4.16. The molecule has 0 saturated heterocycles. The Kier molecular flexibility index (Phi) is 10.8. The van der Waals surface area contributed by atoms with E-state index in [0.717, 1.165) is 12.1 Å². The summed E-state index contributed by atoms with van der Waals surface area (Å²) in [6, 6.07) is 1.53. The van der Waals surface area contributed by atoms with Gasteiger partial charge in [-0.25, -0.2) is 0 Å². The number of unbranched alkanes of at least 4 members (excludes halogenated alkanes) is 3. The fourth-order valence-electron chi connectivity index (χ4n) is 2.68. The van der Waals surface area contributed by atoms with Gasteiger partial charge < -0.3 is 9.80 Å². The number of nitrogens with zero attached hydrogens (tertiary/aromatic N) is 2. The summed E-state index contributed by atoms with van der Waals surface area (Å²) in [7, 11) is 8.89. The van der Waals surface area contributed by atoms with Crippen LogP contribution in [0.5, 0.6) is 0 Å². The first-order valence-corrected chi connectivity index (χ1v) is 7.85. The molecule has 0 amide bonds. The second-order valence-electron chi connectivity index (χ2n) is 6.07. The molecule has 0 radical (unpaired) electrons. The first-order chi connectivity index (χ1) is 8.52. The highest BCUT2D eigenvalue weighted by Gasteiger charge is 2.15. The van der Waals surface area contributed by atoms with Gasteiger partial charge in [-0.2, -0.15) is 0 Å². The molecule has 0 fully saturated rings. The second kappa shape index (κ2) is 10.8. The fraction of sp³-hybridized carbons (Fsp3) is 1.00. The summed E-state index contributed by atoms with van der Waals surface area (Å²) < 4.78 is 0. The van der Waals surface area contributed by atoms with E-state index >= 15 is 0 Å². The minimum Gasteiger partial charge on any atom is -0.306 e. The standard InChI is InChI=1S/C16H36N2/c1-7-9-10-11-12-16(18(5)6)14-13-15(8-2)17(3)4/h15-16H,7-14H2,1-6H3. The molecule has 110 valence electrons. The van der Waals surface area contributed by atoms with Gasteiger partial charge in [0, 0.05) is 12.1 Å². The largest absolute Gasteiger partial charge is 0.306 e. The highest BCUT2D eigenvalue weighted by Crippen LogP contribution is 2.17. The van der Waals surface area contributed by atoms with Crippen LogP contribution in [-0.4, -0.2) is 50.1 Å². The predicted molar refractivity (Wildman–Crippen MR) is 83.2 cm³/mol. The minimum absolute atomic E-state index is 0.753. The molecule has 2 atom stereocenters. The van der Waals surface area contributed by atoms with Crippen molar-refractivity contribution in [2.45, 2.75) is 77.3 Å². The lowest BCUT2D eigenvalue weighted by Gasteiger charge is -2.29. The van der Waals surface area contributed by atoms with Crippen molar-refractivity contribution in [3.8, 4) is 0 Å². The zero-order chi connectivity index (χ0) is 14.0. The van der Waals surface area contributed by atoms with Crippen LogP contribution in [0, 0.1) is 0 Å². The molecule has 0 rings (SSSR count). The molecule has 0 N–H and O–H groups in total. The maximum absolute atomic E-state index is 2.42. The summed E-state index contributed by atoms with van der Waals surface area (Å²) >= 11 is 0. The minimum atomic E-state index is 0.753. The van der Waals surface area contributed by atoms with Crippen molar-refractivity contribution in [2.24, 2.45) is 0 Å². The van der Waals surface area contributed by atoms with E-state index in [9.17, 15) is 0 Å². The molecule has 0 aromatic heterocycles. The molecule has 0 saturated carbocycles. The molecule has 2 unspecified atom stereocenters. The highest BCUT2D eigenvalue weighted by atomic mass is 15.1. The average molecular weight is 256 g/mol. The van der Waals surface area contributed by atoms with Crippen LogP contribution in [0.4, 0.5) is 0 Å². The molecular weight excluding hydrogens is 220 g/mol. The van der Waals surface area contributed by atoms with Crippen LogP contribution in [0.25, 0.3) is 0 Å². The quantitative estimate of drug-likeness (QED) is 0.515. The summed E-state index contributed by atoms with van der Waals surface area (Å²) in [5.74, 6) is 0. The molecule has 0 aliphatic rings. The smallest absolute Gasteiger partial charge is 0.00897 e. The van der Waals surface area contributed by atoms with Gasteiger partial charge in [-0.15, -0.1) is 0 Å². The first kappa shape index (κ1) is 17.9.